The second-order valence-corrected chi connectivity index (χ2v) is 7.55. The summed E-state index contributed by atoms with van der Waals surface area (Å²) >= 11 is 6.27. The molecule has 0 unspecified atom stereocenters. The van der Waals surface area contributed by atoms with Gasteiger partial charge in [0, 0.05) is 33.8 Å². The van der Waals surface area contributed by atoms with Crippen LogP contribution in [0.5, 0.6) is 0 Å². The first-order chi connectivity index (χ1) is 15.1. The average Bonchev–Trinajstić information content (AvgIpc) is 3.18. The molecule has 152 valence electrons. The molecule has 0 saturated carbocycles. The average molecular weight is 432 g/mol. The molecule has 0 radical (unpaired) electrons. The van der Waals surface area contributed by atoms with Gasteiger partial charge in [-0.1, -0.05) is 35.0 Å². The first-order valence-electron chi connectivity index (χ1n) is 9.55. The molecule has 0 spiro atoms. The van der Waals surface area contributed by atoms with E-state index in [1.165, 1.54) is 6.07 Å². The summed E-state index contributed by atoms with van der Waals surface area (Å²) in [6.07, 6.45) is 3.30. The molecule has 2 aromatic carbocycles. The Bertz CT molecular complexity index is 1450. The van der Waals surface area contributed by atoms with Crippen LogP contribution in [0.2, 0.25) is 5.02 Å². The third kappa shape index (κ3) is 3.64. The summed E-state index contributed by atoms with van der Waals surface area (Å²) in [5.41, 5.74) is 4.65. The smallest absolute Gasteiger partial charge is 0.160 e. The number of nitroso groups, excluding NO2 is 1. The molecule has 6 nitrogen and oxygen atoms in total. The topological polar surface area (TPSA) is 73.0 Å². The molecule has 8 heteroatoms. The van der Waals surface area contributed by atoms with E-state index in [0.29, 0.717) is 38.5 Å². The van der Waals surface area contributed by atoms with Crippen LogP contribution in [-0.2, 0) is 13.1 Å². The van der Waals surface area contributed by atoms with Crippen LogP contribution in [0.1, 0.15) is 11.1 Å². The van der Waals surface area contributed by atoms with Crippen LogP contribution in [0.25, 0.3) is 33.3 Å². The zero-order valence-electron chi connectivity index (χ0n) is 16.2. The third-order valence-electron chi connectivity index (χ3n) is 5.16. The molecule has 5 aromatic rings. The zero-order valence-corrected chi connectivity index (χ0v) is 16.9. The van der Waals surface area contributed by atoms with Gasteiger partial charge >= 0.3 is 0 Å². The summed E-state index contributed by atoms with van der Waals surface area (Å²) in [4.78, 5) is 23.8. The maximum absolute atomic E-state index is 14.7. The van der Waals surface area contributed by atoms with Crippen LogP contribution in [0.15, 0.2) is 72.3 Å². The summed E-state index contributed by atoms with van der Waals surface area (Å²) < 4.78 is 16.5. The second kappa shape index (κ2) is 7.85. The van der Waals surface area contributed by atoms with Gasteiger partial charge < -0.3 is 4.57 Å². The van der Waals surface area contributed by atoms with Gasteiger partial charge in [0.25, 0.3) is 0 Å². The summed E-state index contributed by atoms with van der Waals surface area (Å²) in [6, 6.07) is 16.1. The lowest BCUT2D eigenvalue weighted by molar-refractivity contribution is 0.603. The molecule has 0 aliphatic carbocycles. The van der Waals surface area contributed by atoms with Crippen LogP contribution < -0.4 is 0 Å². The summed E-state index contributed by atoms with van der Waals surface area (Å²) in [5.74, 6) is -0.324. The van der Waals surface area contributed by atoms with Crippen molar-refractivity contribution in [3.63, 3.8) is 0 Å². The Labute approximate surface area is 181 Å². The molecule has 0 amide bonds. The molecule has 3 aromatic heterocycles. The predicted octanol–water partition coefficient (Wildman–Crippen LogP) is 5.75. The number of aromatic nitrogens is 4. The molecule has 31 heavy (non-hydrogen) atoms. The Morgan fingerprint density at radius 2 is 1.90 bits per heavy atom. The molecule has 3 heterocycles. The lowest BCUT2D eigenvalue weighted by Gasteiger charge is -2.09. The lowest BCUT2D eigenvalue weighted by Crippen LogP contribution is -2.02. The Hall–Kier alpha value is -3.71. The number of nitrogens with zero attached hydrogens (tertiary/aromatic N) is 5. The zero-order chi connectivity index (χ0) is 21.4. The lowest BCUT2D eigenvalue weighted by atomic mass is 10.1. The van der Waals surface area contributed by atoms with Crippen LogP contribution in [0.4, 0.5) is 4.39 Å². The fourth-order valence-electron chi connectivity index (χ4n) is 3.57. The van der Waals surface area contributed by atoms with E-state index in [4.69, 9.17) is 16.6 Å². The largest absolute Gasteiger partial charge is 0.311 e. The van der Waals surface area contributed by atoms with E-state index >= 15 is 0 Å². The van der Waals surface area contributed by atoms with Crippen LogP contribution >= 0.6 is 11.6 Å². The van der Waals surface area contributed by atoms with Gasteiger partial charge in [0.05, 0.1) is 24.1 Å². The van der Waals surface area contributed by atoms with Crippen molar-refractivity contribution in [1.82, 2.24) is 19.5 Å². The number of imidazole rings is 1. The number of hydrogen-bond acceptors (Lipinski definition) is 5. The van der Waals surface area contributed by atoms with E-state index < -0.39 is 0 Å². The van der Waals surface area contributed by atoms with E-state index in [9.17, 15) is 9.30 Å². The van der Waals surface area contributed by atoms with Gasteiger partial charge in [0.2, 0.25) is 0 Å². The Morgan fingerprint density at radius 3 is 2.74 bits per heavy atom. The minimum Gasteiger partial charge on any atom is -0.311 e. The van der Waals surface area contributed by atoms with Crippen molar-refractivity contribution in [2.45, 2.75) is 13.1 Å². The van der Waals surface area contributed by atoms with Gasteiger partial charge in [0.15, 0.2) is 5.65 Å². The van der Waals surface area contributed by atoms with Crippen LogP contribution in [0.3, 0.4) is 0 Å². The number of halogens is 2. The van der Waals surface area contributed by atoms with Crippen molar-refractivity contribution >= 4 is 33.7 Å². The highest BCUT2D eigenvalue weighted by Gasteiger charge is 2.12. The third-order valence-corrected chi connectivity index (χ3v) is 5.51. The highest BCUT2D eigenvalue weighted by atomic mass is 35.5. The summed E-state index contributed by atoms with van der Waals surface area (Å²) in [7, 11) is 0. The van der Waals surface area contributed by atoms with Crippen molar-refractivity contribution < 1.29 is 4.39 Å². The fraction of sp³-hybridized carbons (Fsp3) is 0.0870. The number of rotatable bonds is 5. The van der Waals surface area contributed by atoms with Crippen LogP contribution in [-0.4, -0.2) is 19.5 Å². The van der Waals surface area contributed by atoms with Gasteiger partial charge in [0.1, 0.15) is 17.9 Å². The highest BCUT2D eigenvalue weighted by molar-refractivity contribution is 6.31. The quantitative estimate of drug-likeness (QED) is 0.332. The van der Waals surface area contributed by atoms with Gasteiger partial charge in [-0.05, 0) is 35.9 Å². The normalized spacial score (nSPS) is 11.3. The molecular weight excluding hydrogens is 417 g/mol. The number of benzene rings is 2. The monoisotopic (exact) mass is 431 g/mol. The molecular formula is C23H15ClFN5O. The van der Waals surface area contributed by atoms with Crippen LogP contribution in [0, 0.1) is 10.7 Å². The molecule has 0 bridgehead atoms. The molecule has 0 aliphatic heterocycles. The molecule has 5 rings (SSSR count). The summed E-state index contributed by atoms with van der Waals surface area (Å²) in [5, 5.41) is 4.21. The Kier molecular flexibility index (Phi) is 4.88. The van der Waals surface area contributed by atoms with Crippen molar-refractivity contribution in [3.8, 4) is 11.3 Å². The first-order valence-corrected chi connectivity index (χ1v) is 9.93. The Balaban J connectivity index is 1.53. The van der Waals surface area contributed by atoms with Crippen molar-refractivity contribution in [1.29, 1.82) is 0 Å². The minimum absolute atomic E-state index is 0.0190. The van der Waals surface area contributed by atoms with Crippen molar-refractivity contribution in [3.05, 3.63) is 94.0 Å². The molecule has 0 aliphatic rings. The highest BCUT2D eigenvalue weighted by Crippen LogP contribution is 2.27. The van der Waals surface area contributed by atoms with E-state index in [0.717, 1.165) is 10.9 Å². The SMILES string of the molecule is O=NCc1ccc(-c2ccc3ncn(Cc4cc5cccnc5cc4F)c3n2)cc1Cl. The Morgan fingerprint density at radius 1 is 1.00 bits per heavy atom. The van der Waals surface area contributed by atoms with E-state index in [1.54, 1.807) is 30.7 Å². The van der Waals surface area contributed by atoms with Gasteiger partial charge in [-0.25, -0.2) is 14.4 Å². The maximum atomic E-state index is 14.7. The van der Waals surface area contributed by atoms with Gasteiger partial charge in [-0.3, -0.25) is 4.98 Å². The second-order valence-electron chi connectivity index (χ2n) is 7.14. The number of hydrogen-bond donors (Lipinski definition) is 0. The van der Waals surface area contributed by atoms with E-state index in [-0.39, 0.29) is 18.9 Å². The summed E-state index contributed by atoms with van der Waals surface area (Å²) in [6.45, 7) is 0.305. The first kappa shape index (κ1) is 19.3. The van der Waals surface area contributed by atoms with E-state index in [2.05, 4.69) is 15.1 Å². The van der Waals surface area contributed by atoms with Gasteiger partial charge in [-0.2, -0.15) is 4.91 Å². The molecule has 0 fully saturated rings. The maximum Gasteiger partial charge on any atom is 0.160 e. The van der Waals surface area contributed by atoms with Crippen molar-refractivity contribution in [2.75, 3.05) is 0 Å². The standard InChI is InChI=1S/C23H15ClFN5O/c24-18-9-15(3-4-16(18)11-28-31)20-5-6-21-23(29-20)30(13-27-21)12-17-8-14-2-1-7-26-22(14)10-19(17)25/h1-10,13H,11-12H2. The van der Waals surface area contributed by atoms with Gasteiger partial charge in [-0.15, -0.1) is 0 Å². The molecule has 0 saturated heterocycles. The molecule has 0 N–H and O–H groups in total. The number of fused-ring (bicyclic) bond motifs is 2. The predicted molar refractivity (Wildman–Crippen MR) is 118 cm³/mol. The fourth-order valence-corrected chi connectivity index (χ4v) is 3.81. The van der Waals surface area contributed by atoms with E-state index in [1.807, 2.05) is 34.9 Å². The minimum atomic E-state index is -0.324. The van der Waals surface area contributed by atoms with Crippen molar-refractivity contribution in [2.24, 2.45) is 5.18 Å². The molecule has 0 atom stereocenters. The number of pyridine rings is 2.